The van der Waals surface area contributed by atoms with Crippen molar-refractivity contribution in [3.8, 4) is 0 Å². The second-order valence-corrected chi connectivity index (χ2v) is 7.48. The van der Waals surface area contributed by atoms with Crippen molar-refractivity contribution >= 4 is 20.2 Å². The van der Waals surface area contributed by atoms with Crippen molar-refractivity contribution in [2.75, 3.05) is 5.75 Å². The van der Waals surface area contributed by atoms with Gasteiger partial charge < -0.3 is 0 Å². The van der Waals surface area contributed by atoms with Crippen LogP contribution >= 0.6 is 0 Å². The van der Waals surface area contributed by atoms with Gasteiger partial charge in [0.1, 0.15) is 0 Å². The normalized spacial score (nSPS) is 11.6. The summed E-state index contributed by atoms with van der Waals surface area (Å²) in [5.74, 6) is -0.0866. The first-order chi connectivity index (χ1) is 9.67. The zero-order valence-electron chi connectivity index (χ0n) is 12.0. The Bertz CT molecular complexity index is 578. The van der Waals surface area contributed by atoms with Crippen molar-refractivity contribution < 1.29 is 25.9 Å². The molecule has 1 aromatic carbocycles. The third kappa shape index (κ3) is 12.5. The van der Waals surface area contributed by atoms with Crippen LogP contribution in [0.1, 0.15) is 39.0 Å². The van der Waals surface area contributed by atoms with Gasteiger partial charge in [0.15, 0.2) is 0 Å². The standard InChI is InChI=1S/C7H16O3S.C6H6O3S/c1-2-3-4-5-6-7-11(8,9)10;7-10(8,9)6-4-2-1-3-5-6/h2-7H2,1H3,(H,8,9,10);1-5H,(H,7,8,9). The van der Waals surface area contributed by atoms with Gasteiger partial charge in [-0.3, -0.25) is 9.11 Å². The maximum atomic E-state index is 10.4. The van der Waals surface area contributed by atoms with Gasteiger partial charge in [-0.1, -0.05) is 50.8 Å². The average Bonchev–Trinajstić information content (AvgIpc) is 2.38. The molecule has 0 atom stereocenters. The van der Waals surface area contributed by atoms with E-state index < -0.39 is 20.2 Å². The SMILES string of the molecule is CCCCCCCS(=O)(=O)O.O=S(=O)(O)c1ccccc1. The second-order valence-electron chi connectivity index (χ2n) is 4.49. The Labute approximate surface area is 126 Å². The highest BCUT2D eigenvalue weighted by Crippen LogP contribution is 2.05. The lowest BCUT2D eigenvalue weighted by Gasteiger charge is -1.96. The molecule has 0 heterocycles. The smallest absolute Gasteiger partial charge is 0.286 e. The minimum Gasteiger partial charge on any atom is -0.286 e. The van der Waals surface area contributed by atoms with Crippen molar-refractivity contribution in [1.82, 2.24) is 0 Å². The van der Waals surface area contributed by atoms with E-state index >= 15 is 0 Å². The predicted molar refractivity (Wildman–Crippen MR) is 81.4 cm³/mol. The van der Waals surface area contributed by atoms with Crippen LogP contribution in [0, 0.1) is 0 Å². The van der Waals surface area contributed by atoms with Crippen LogP contribution in [0.25, 0.3) is 0 Å². The molecule has 0 aliphatic rings. The highest BCUT2D eigenvalue weighted by molar-refractivity contribution is 7.86. The van der Waals surface area contributed by atoms with Crippen molar-refractivity contribution in [3.05, 3.63) is 30.3 Å². The minimum atomic E-state index is -4.00. The summed E-state index contributed by atoms with van der Waals surface area (Å²) in [5.41, 5.74) is 0. The Hall–Kier alpha value is -0.960. The van der Waals surface area contributed by atoms with Crippen molar-refractivity contribution in [2.45, 2.75) is 43.9 Å². The summed E-state index contributed by atoms with van der Waals surface area (Å²) in [6.45, 7) is 2.10. The fourth-order valence-electron chi connectivity index (χ4n) is 1.48. The van der Waals surface area contributed by atoms with Crippen LogP contribution in [0.3, 0.4) is 0 Å². The molecule has 122 valence electrons. The first-order valence-electron chi connectivity index (χ1n) is 6.64. The van der Waals surface area contributed by atoms with Gasteiger partial charge in [0, 0.05) is 0 Å². The van der Waals surface area contributed by atoms with Gasteiger partial charge in [-0.25, -0.2) is 0 Å². The highest BCUT2D eigenvalue weighted by atomic mass is 32.2. The Morgan fingerprint density at radius 2 is 1.38 bits per heavy atom. The Morgan fingerprint density at radius 1 is 0.857 bits per heavy atom. The number of benzene rings is 1. The Kier molecular flexibility index (Phi) is 9.43. The van der Waals surface area contributed by atoms with Crippen molar-refractivity contribution in [2.24, 2.45) is 0 Å². The van der Waals surface area contributed by atoms with E-state index in [1.165, 1.54) is 12.1 Å². The summed E-state index contributed by atoms with van der Waals surface area (Å²) in [6.07, 6.45) is 4.83. The molecule has 1 aromatic rings. The molecule has 0 aliphatic carbocycles. The van der Waals surface area contributed by atoms with E-state index in [2.05, 4.69) is 6.92 Å². The Morgan fingerprint density at radius 3 is 1.76 bits per heavy atom. The maximum absolute atomic E-state index is 10.4. The Balaban J connectivity index is 0.000000382. The van der Waals surface area contributed by atoms with E-state index in [1.54, 1.807) is 18.2 Å². The molecule has 6 nitrogen and oxygen atoms in total. The van der Waals surface area contributed by atoms with Crippen molar-refractivity contribution in [3.63, 3.8) is 0 Å². The maximum Gasteiger partial charge on any atom is 0.294 e. The molecule has 0 saturated carbocycles. The topological polar surface area (TPSA) is 109 Å². The fourth-order valence-corrected chi connectivity index (χ4v) is 2.55. The van der Waals surface area contributed by atoms with E-state index in [-0.39, 0.29) is 10.6 Å². The van der Waals surface area contributed by atoms with Crippen LogP contribution in [0.4, 0.5) is 0 Å². The molecule has 0 unspecified atom stereocenters. The van der Waals surface area contributed by atoms with Gasteiger partial charge in [-0.15, -0.1) is 0 Å². The van der Waals surface area contributed by atoms with E-state index in [9.17, 15) is 16.8 Å². The van der Waals surface area contributed by atoms with Gasteiger partial charge in [0.05, 0.1) is 10.6 Å². The zero-order valence-corrected chi connectivity index (χ0v) is 13.6. The highest BCUT2D eigenvalue weighted by Gasteiger charge is 2.05. The van der Waals surface area contributed by atoms with E-state index in [1.807, 2.05) is 0 Å². The molecule has 0 aromatic heterocycles. The van der Waals surface area contributed by atoms with Gasteiger partial charge in [-0.2, -0.15) is 16.8 Å². The molecule has 0 radical (unpaired) electrons. The minimum absolute atomic E-state index is 0.0741. The number of rotatable bonds is 7. The monoisotopic (exact) mass is 338 g/mol. The second kappa shape index (κ2) is 9.88. The van der Waals surface area contributed by atoms with E-state index in [0.29, 0.717) is 6.42 Å². The van der Waals surface area contributed by atoms with Gasteiger partial charge in [-0.05, 0) is 18.6 Å². The van der Waals surface area contributed by atoms with Gasteiger partial charge in [0.2, 0.25) is 0 Å². The summed E-state index contributed by atoms with van der Waals surface area (Å²) >= 11 is 0. The van der Waals surface area contributed by atoms with Gasteiger partial charge >= 0.3 is 0 Å². The molecule has 0 fully saturated rings. The molecular formula is C13H22O6S2. The van der Waals surface area contributed by atoms with Crippen LogP contribution < -0.4 is 0 Å². The summed E-state index contributed by atoms with van der Waals surface area (Å²) < 4.78 is 58.0. The third-order valence-corrected chi connectivity index (χ3v) is 4.22. The van der Waals surface area contributed by atoms with Crippen LogP contribution in [-0.2, 0) is 20.2 Å². The van der Waals surface area contributed by atoms with Crippen LogP contribution in [0.5, 0.6) is 0 Å². The molecule has 0 bridgehead atoms. The summed E-state index contributed by atoms with van der Waals surface area (Å²) in [6, 6.07) is 7.42. The van der Waals surface area contributed by atoms with Crippen LogP contribution in [-0.4, -0.2) is 31.7 Å². The number of hydrogen-bond donors (Lipinski definition) is 2. The molecule has 0 saturated heterocycles. The molecule has 0 spiro atoms. The van der Waals surface area contributed by atoms with Crippen molar-refractivity contribution in [1.29, 1.82) is 0 Å². The number of unbranched alkanes of at least 4 members (excludes halogenated alkanes) is 4. The molecule has 2 N–H and O–H groups in total. The predicted octanol–water partition coefficient (Wildman–Crippen LogP) is 2.78. The first-order valence-corrected chi connectivity index (χ1v) is 9.69. The molecule has 0 aliphatic heterocycles. The third-order valence-electron chi connectivity index (χ3n) is 2.55. The van der Waals surface area contributed by atoms with E-state index in [0.717, 1.165) is 25.7 Å². The summed E-state index contributed by atoms with van der Waals surface area (Å²) in [7, 11) is -7.71. The largest absolute Gasteiger partial charge is 0.294 e. The number of hydrogen-bond acceptors (Lipinski definition) is 4. The lowest BCUT2D eigenvalue weighted by molar-refractivity contribution is 0.478. The fraction of sp³-hybridized carbons (Fsp3) is 0.538. The first kappa shape index (κ1) is 20.0. The lowest BCUT2D eigenvalue weighted by Crippen LogP contribution is -2.03. The molecule has 8 heteroatoms. The average molecular weight is 338 g/mol. The van der Waals surface area contributed by atoms with E-state index in [4.69, 9.17) is 9.11 Å². The molecule has 0 amide bonds. The van der Waals surface area contributed by atoms with Crippen LogP contribution in [0.15, 0.2) is 35.2 Å². The lowest BCUT2D eigenvalue weighted by atomic mass is 10.2. The zero-order chi connectivity index (χ0) is 16.4. The van der Waals surface area contributed by atoms with Gasteiger partial charge in [0.25, 0.3) is 20.2 Å². The molecule has 21 heavy (non-hydrogen) atoms. The molecule has 1 rings (SSSR count). The summed E-state index contributed by atoms with van der Waals surface area (Å²) in [5, 5.41) is 0. The molecular weight excluding hydrogens is 316 g/mol. The van der Waals surface area contributed by atoms with Crippen LogP contribution in [0.2, 0.25) is 0 Å². The quantitative estimate of drug-likeness (QED) is 0.584. The summed E-state index contributed by atoms with van der Waals surface area (Å²) in [4.78, 5) is -0.0741.